The first-order chi connectivity index (χ1) is 17.8. The number of aromatic nitrogens is 4. The summed E-state index contributed by atoms with van der Waals surface area (Å²) in [5.74, 6) is -0.484. The summed E-state index contributed by atoms with van der Waals surface area (Å²) in [7, 11) is 0. The van der Waals surface area contributed by atoms with Gasteiger partial charge in [-0.05, 0) is 35.1 Å². The van der Waals surface area contributed by atoms with E-state index in [4.69, 9.17) is 5.73 Å². The molecule has 9 heteroatoms. The summed E-state index contributed by atoms with van der Waals surface area (Å²) in [5, 5.41) is 12.2. The number of nitrogens with zero attached hydrogens (tertiary/aromatic N) is 4. The summed E-state index contributed by atoms with van der Waals surface area (Å²) in [5.41, 5.74) is 11.1. The molecule has 0 radical (unpaired) electrons. The number of amides is 1. The van der Waals surface area contributed by atoms with E-state index in [2.05, 4.69) is 46.1 Å². The van der Waals surface area contributed by atoms with Crippen molar-refractivity contribution in [2.45, 2.75) is 26.3 Å². The van der Waals surface area contributed by atoms with Crippen molar-refractivity contribution < 1.29 is 9.18 Å². The molecule has 3 heterocycles. The third-order valence-electron chi connectivity index (χ3n) is 6.14. The van der Waals surface area contributed by atoms with Gasteiger partial charge in [0.05, 0.1) is 11.9 Å². The lowest BCUT2D eigenvalue weighted by Crippen LogP contribution is -2.11. The summed E-state index contributed by atoms with van der Waals surface area (Å²) >= 11 is 0. The number of nitrogens with two attached hydrogens (primary N) is 1. The quantitative estimate of drug-likeness (QED) is 0.251. The van der Waals surface area contributed by atoms with E-state index in [-0.39, 0.29) is 5.92 Å². The number of carbonyl (C=O) groups is 1. The van der Waals surface area contributed by atoms with Crippen LogP contribution in [0.25, 0.3) is 27.7 Å². The zero-order valence-electron chi connectivity index (χ0n) is 20.5. The van der Waals surface area contributed by atoms with Crippen molar-refractivity contribution in [3.8, 4) is 11.3 Å². The van der Waals surface area contributed by atoms with E-state index in [0.717, 1.165) is 44.6 Å². The minimum absolute atomic E-state index is 0.266. The first-order valence-corrected chi connectivity index (χ1v) is 11.8. The number of pyridine rings is 1. The molecule has 0 unspecified atom stereocenters. The third-order valence-corrected chi connectivity index (χ3v) is 6.14. The molecule has 3 aromatic heterocycles. The molecular formula is C28H26FN7O. The van der Waals surface area contributed by atoms with Gasteiger partial charge in [-0.25, -0.2) is 9.37 Å². The van der Waals surface area contributed by atoms with Gasteiger partial charge < -0.3 is 16.4 Å². The van der Waals surface area contributed by atoms with Gasteiger partial charge in [-0.3, -0.25) is 9.78 Å². The standard InChI is InChI=1S/C28H26FN7O/c1-16(2)23-15-33-36-25(13-24(30)35-27(23)36)32-14-19-6-4-5-7-21(19)26-22-9-8-20(34-28(37)17(3)29)12-18(22)10-11-31-26/h4-13,15-16,32H,3,14H2,1-2H3,(H2,30,35)(H,34,37). The van der Waals surface area contributed by atoms with Gasteiger partial charge in [-0.15, -0.1) is 0 Å². The Morgan fingerprint density at radius 3 is 2.76 bits per heavy atom. The van der Waals surface area contributed by atoms with Gasteiger partial charge in [0.2, 0.25) is 0 Å². The molecule has 0 bridgehead atoms. The van der Waals surface area contributed by atoms with Crippen LogP contribution in [-0.4, -0.2) is 25.5 Å². The van der Waals surface area contributed by atoms with Gasteiger partial charge in [0.1, 0.15) is 11.6 Å². The van der Waals surface area contributed by atoms with Gasteiger partial charge >= 0.3 is 0 Å². The van der Waals surface area contributed by atoms with Crippen LogP contribution in [0.1, 0.15) is 30.9 Å². The lowest BCUT2D eigenvalue weighted by atomic mass is 9.99. The number of hydrogen-bond acceptors (Lipinski definition) is 6. The second-order valence-electron chi connectivity index (χ2n) is 9.02. The predicted octanol–water partition coefficient (Wildman–Crippen LogP) is 5.68. The highest BCUT2D eigenvalue weighted by Gasteiger charge is 2.15. The number of hydrogen-bond donors (Lipinski definition) is 3. The molecular weight excluding hydrogens is 469 g/mol. The van der Waals surface area contributed by atoms with Gasteiger partial charge in [0, 0.05) is 41.0 Å². The highest BCUT2D eigenvalue weighted by Crippen LogP contribution is 2.31. The fourth-order valence-corrected chi connectivity index (χ4v) is 4.29. The van der Waals surface area contributed by atoms with E-state index in [9.17, 15) is 9.18 Å². The van der Waals surface area contributed by atoms with Crippen LogP contribution in [0.2, 0.25) is 0 Å². The molecule has 0 atom stereocenters. The maximum atomic E-state index is 13.1. The van der Waals surface area contributed by atoms with Crippen molar-refractivity contribution in [3.05, 3.63) is 90.5 Å². The van der Waals surface area contributed by atoms with Crippen LogP contribution in [0.5, 0.6) is 0 Å². The summed E-state index contributed by atoms with van der Waals surface area (Å²) in [4.78, 5) is 20.8. The Kier molecular flexibility index (Phi) is 6.27. The Morgan fingerprint density at radius 2 is 1.97 bits per heavy atom. The first-order valence-electron chi connectivity index (χ1n) is 11.8. The Labute approximate surface area is 213 Å². The van der Waals surface area contributed by atoms with Crippen LogP contribution < -0.4 is 16.4 Å². The Morgan fingerprint density at radius 1 is 1.16 bits per heavy atom. The van der Waals surface area contributed by atoms with Crippen LogP contribution in [0.4, 0.5) is 21.7 Å². The number of nitrogen functional groups attached to an aromatic ring is 1. The number of rotatable bonds is 7. The largest absolute Gasteiger partial charge is 0.384 e. The predicted molar refractivity (Wildman–Crippen MR) is 145 cm³/mol. The van der Waals surface area contributed by atoms with Crippen molar-refractivity contribution in [3.63, 3.8) is 0 Å². The van der Waals surface area contributed by atoms with Crippen molar-refractivity contribution in [2.75, 3.05) is 16.4 Å². The highest BCUT2D eigenvalue weighted by atomic mass is 19.1. The lowest BCUT2D eigenvalue weighted by molar-refractivity contribution is -0.114. The van der Waals surface area contributed by atoms with Crippen LogP contribution in [0, 0.1) is 0 Å². The number of fused-ring (bicyclic) bond motifs is 2. The van der Waals surface area contributed by atoms with E-state index in [1.54, 1.807) is 28.9 Å². The van der Waals surface area contributed by atoms with Crippen molar-refractivity contribution >= 4 is 39.6 Å². The molecule has 0 spiro atoms. The second kappa shape index (κ2) is 9.69. The lowest BCUT2D eigenvalue weighted by Gasteiger charge is -2.14. The van der Waals surface area contributed by atoms with Crippen molar-refractivity contribution in [1.82, 2.24) is 19.6 Å². The van der Waals surface area contributed by atoms with Crippen molar-refractivity contribution in [1.29, 1.82) is 0 Å². The molecule has 8 nitrogen and oxygen atoms in total. The van der Waals surface area contributed by atoms with Gasteiger partial charge in [0.25, 0.3) is 5.91 Å². The molecule has 186 valence electrons. The summed E-state index contributed by atoms with van der Waals surface area (Å²) in [6, 6.07) is 17.0. The molecule has 0 fully saturated rings. The molecule has 5 aromatic rings. The van der Waals surface area contributed by atoms with Crippen LogP contribution in [-0.2, 0) is 11.3 Å². The van der Waals surface area contributed by atoms with Gasteiger partial charge in [-0.2, -0.15) is 9.61 Å². The monoisotopic (exact) mass is 495 g/mol. The molecule has 2 aromatic carbocycles. The molecule has 4 N–H and O–H groups in total. The Bertz CT molecular complexity index is 1660. The minimum Gasteiger partial charge on any atom is -0.384 e. The zero-order valence-corrected chi connectivity index (χ0v) is 20.5. The normalized spacial score (nSPS) is 11.2. The maximum Gasteiger partial charge on any atom is 0.283 e. The highest BCUT2D eigenvalue weighted by molar-refractivity contribution is 6.04. The average molecular weight is 496 g/mol. The number of benzene rings is 2. The average Bonchev–Trinajstić information content (AvgIpc) is 3.31. The first kappa shape index (κ1) is 23.9. The molecule has 37 heavy (non-hydrogen) atoms. The number of anilines is 3. The number of halogens is 1. The second-order valence-corrected chi connectivity index (χ2v) is 9.02. The van der Waals surface area contributed by atoms with Crippen LogP contribution in [0.15, 0.2) is 79.4 Å². The molecule has 0 aliphatic rings. The third kappa shape index (κ3) is 4.71. The van der Waals surface area contributed by atoms with Gasteiger partial charge in [0.15, 0.2) is 11.5 Å². The Hall–Kier alpha value is -4.79. The van der Waals surface area contributed by atoms with E-state index in [1.807, 2.05) is 42.6 Å². The maximum absolute atomic E-state index is 13.1. The van der Waals surface area contributed by atoms with E-state index in [1.165, 1.54) is 0 Å². The Balaban J connectivity index is 1.48. The smallest absolute Gasteiger partial charge is 0.283 e. The summed E-state index contributed by atoms with van der Waals surface area (Å²) in [6.07, 6.45) is 3.54. The SMILES string of the molecule is C=C(F)C(=O)Nc1ccc2c(-c3ccccc3CNc3cc(N)nc4c(C(C)C)cnn34)nccc2c1. The summed E-state index contributed by atoms with van der Waals surface area (Å²) < 4.78 is 14.9. The van der Waals surface area contributed by atoms with Gasteiger partial charge in [-0.1, -0.05) is 50.8 Å². The molecule has 5 rings (SSSR count). The molecule has 1 amide bonds. The fraction of sp³-hybridized carbons (Fsp3) is 0.143. The van der Waals surface area contributed by atoms with E-state index < -0.39 is 11.7 Å². The number of carbonyl (C=O) groups excluding carboxylic acids is 1. The zero-order chi connectivity index (χ0) is 26.1. The van der Waals surface area contributed by atoms with E-state index >= 15 is 0 Å². The minimum atomic E-state index is -1.04. The number of nitrogens with one attached hydrogen (secondary N) is 2. The van der Waals surface area contributed by atoms with E-state index in [0.29, 0.717) is 18.1 Å². The van der Waals surface area contributed by atoms with Crippen LogP contribution >= 0.6 is 0 Å². The van der Waals surface area contributed by atoms with Crippen molar-refractivity contribution in [2.24, 2.45) is 0 Å². The fourth-order valence-electron chi connectivity index (χ4n) is 4.29. The topological polar surface area (TPSA) is 110 Å². The molecule has 0 saturated carbocycles. The molecule has 0 aliphatic carbocycles. The molecule has 0 aliphatic heterocycles. The molecule has 0 saturated heterocycles. The van der Waals surface area contributed by atoms with Crippen LogP contribution in [0.3, 0.4) is 0 Å². The summed E-state index contributed by atoms with van der Waals surface area (Å²) in [6.45, 7) is 7.72.